The van der Waals surface area contributed by atoms with E-state index in [1.54, 1.807) is 12.3 Å². The Kier molecular flexibility index (Phi) is 4.45. The first-order valence-electron chi connectivity index (χ1n) is 4.68. The fraction of sp³-hybridized carbons (Fsp3) is 0.364. The van der Waals surface area contributed by atoms with Crippen LogP contribution < -0.4 is 5.32 Å². The summed E-state index contributed by atoms with van der Waals surface area (Å²) in [6, 6.07) is 1.68. The van der Waals surface area contributed by atoms with E-state index in [-0.39, 0.29) is 5.97 Å². The van der Waals surface area contributed by atoms with Crippen LogP contribution in [0, 0.1) is 11.8 Å². The molecule has 1 rings (SSSR count). The summed E-state index contributed by atoms with van der Waals surface area (Å²) in [5.74, 6) is 5.56. The lowest BCUT2D eigenvalue weighted by Crippen LogP contribution is -2.05. The fourth-order valence-corrected chi connectivity index (χ4v) is 1.05. The highest BCUT2D eigenvalue weighted by atomic mass is 16.5. The Morgan fingerprint density at radius 1 is 1.67 bits per heavy atom. The van der Waals surface area contributed by atoms with E-state index in [1.165, 1.54) is 7.11 Å². The van der Waals surface area contributed by atoms with Gasteiger partial charge >= 0.3 is 5.97 Å². The molecule has 0 fully saturated rings. The van der Waals surface area contributed by atoms with Crippen molar-refractivity contribution in [1.82, 2.24) is 10.3 Å². The number of hydrogen-bond acceptors (Lipinski definition) is 3. The molecule has 1 heterocycles. The van der Waals surface area contributed by atoms with E-state index in [0.29, 0.717) is 5.69 Å². The quantitative estimate of drug-likeness (QED) is 0.436. The van der Waals surface area contributed by atoms with Crippen molar-refractivity contribution in [3.63, 3.8) is 0 Å². The molecule has 0 radical (unpaired) electrons. The highest BCUT2D eigenvalue weighted by Gasteiger charge is 2.06. The second-order valence-electron chi connectivity index (χ2n) is 2.95. The van der Waals surface area contributed by atoms with Crippen molar-refractivity contribution in [3.8, 4) is 11.8 Å². The summed E-state index contributed by atoms with van der Waals surface area (Å²) in [4.78, 5) is 13.9. The highest BCUT2D eigenvalue weighted by molar-refractivity contribution is 5.87. The maximum absolute atomic E-state index is 11.1. The molecule has 0 bridgehead atoms. The fourth-order valence-electron chi connectivity index (χ4n) is 1.05. The van der Waals surface area contributed by atoms with E-state index in [2.05, 4.69) is 26.9 Å². The monoisotopic (exact) mass is 206 g/mol. The van der Waals surface area contributed by atoms with Gasteiger partial charge in [0.2, 0.25) is 0 Å². The average molecular weight is 206 g/mol. The van der Waals surface area contributed by atoms with Crippen molar-refractivity contribution in [2.75, 3.05) is 20.7 Å². The number of rotatable bonds is 3. The van der Waals surface area contributed by atoms with E-state index in [4.69, 9.17) is 0 Å². The third-order valence-corrected chi connectivity index (χ3v) is 1.82. The second-order valence-corrected chi connectivity index (χ2v) is 2.95. The number of esters is 1. The standard InChI is InChI=1S/C11H14N2O2/c1-12-6-4-3-5-9-7-10(13-8-9)11(14)15-2/h7-8,12-13H,4,6H2,1-2H3. The summed E-state index contributed by atoms with van der Waals surface area (Å²) in [5.41, 5.74) is 1.22. The molecule has 15 heavy (non-hydrogen) atoms. The van der Waals surface area contributed by atoms with Gasteiger partial charge in [-0.25, -0.2) is 4.79 Å². The van der Waals surface area contributed by atoms with Crippen molar-refractivity contribution < 1.29 is 9.53 Å². The van der Waals surface area contributed by atoms with Crippen molar-refractivity contribution >= 4 is 5.97 Å². The largest absolute Gasteiger partial charge is 0.464 e. The van der Waals surface area contributed by atoms with Gasteiger partial charge in [0.25, 0.3) is 0 Å². The molecule has 0 spiro atoms. The molecular weight excluding hydrogens is 192 g/mol. The highest BCUT2D eigenvalue weighted by Crippen LogP contribution is 2.02. The van der Waals surface area contributed by atoms with Gasteiger partial charge in [-0.15, -0.1) is 0 Å². The van der Waals surface area contributed by atoms with E-state index >= 15 is 0 Å². The minimum atomic E-state index is -0.377. The van der Waals surface area contributed by atoms with Gasteiger partial charge in [-0.05, 0) is 13.1 Å². The molecule has 1 aromatic heterocycles. The van der Waals surface area contributed by atoms with Crippen molar-refractivity contribution in [2.24, 2.45) is 0 Å². The molecule has 0 unspecified atom stereocenters. The van der Waals surface area contributed by atoms with E-state index in [9.17, 15) is 4.79 Å². The third kappa shape index (κ3) is 3.49. The summed E-state index contributed by atoms with van der Waals surface area (Å²) < 4.78 is 4.56. The van der Waals surface area contributed by atoms with Crippen LogP contribution in [0.2, 0.25) is 0 Å². The van der Waals surface area contributed by atoms with Crippen molar-refractivity contribution in [1.29, 1.82) is 0 Å². The Morgan fingerprint density at radius 2 is 2.47 bits per heavy atom. The van der Waals surface area contributed by atoms with Gasteiger partial charge in [0.1, 0.15) is 5.69 Å². The molecule has 80 valence electrons. The Bertz CT molecular complexity index is 385. The number of H-pyrrole nitrogens is 1. The normalized spacial score (nSPS) is 9.20. The second kappa shape index (κ2) is 5.89. The maximum Gasteiger partial charge on any atom is 0.354 e. The van der Waals surface area contributed by atoms with Gasteiger partial charge in [-0.1, -0.05) is 11.8 Å². The van der Waals surface area contributed by atoms with Crippen molar-refractivity contribution in [3.05, 3.63) is 23.5 Å². The Hall–Kier alpha value is -1.73. The van der Waals surface area contributed by atoms with Gasteiger partial charge in [0.05, 0.1) is 7.11 Å². The predicted molar refractivity (Wildman–Crippen MR) is 57.6 cm³/mol. The number of nitrogens with one attached hydrogen (secondary N) is 2. The number of ether oxygens (including phenoxy) is 1. The summed E-state index contributed by atoms with van der Waals surface area (Å²) >= 11 is 0. The SMILES string of the molecule is CNCCC#Cc1c[nH]c(C(=O)OC)c1. The van der Waals surface area contributed by atoms with Crippen LogP contribution in [-0.4, -0.2) is 31.7 Å². The van der Waals surface area contributed by atoms with Crippen LogP contribution in [0.25, 0.3) is 0 Å². The molecule has 4 heteroatoms. The number of aromatic nitrogens is 1. The van der Waals surface area contributed by atoms with E-state index < -0.39 is 0 Å². The molecule has 0 aromatic carbocycles. The van der Waals surface area contributed by atoms with Crippen LogP contribution in [0.15, 0.2) is 12.3 Å². The molecule has 0 saturated carbocycles. The number of methoxy groups -OCH3 is 1. The van der Waals surface area contributed by atoms with Crippen LogP contribution in [-0.2, 0) is 4.74 Å². The van der Waals surface area contributed by atoms with Crippen LogP contribution in [0.1, 0.15) is 22.5 Å². The summed E-state index contributed by atoms with van der Waals surface area (Å²) in [5, 5.41) is 3.00. The molecule has 4 nitrogen and oxygen atoms in total. The van der Waals surface area contributed by atoms with Gasteiger partial charge in [0, 0.05) is 24.7 Å². The molecule has 0 atom stereocenters. The number of carbonyl (C=O) groups excluding carboxylic acids is 1. The Balaban J connectivity index is 2.59. The van der Waals surface area contributed by atoms with Gasteiger partial charge < -0.3 is 15.0 Å². The molecule has 0 aliphatic heterocycles. The predicted octanol–water partition coefficient (Wildman–Crippen LogP) is 0.762. The molecule has 2 N–H and O–H groups in total. The van der Waals surface area contributed by atoms with E-state index in [1.807, 2.05) is 7.05 Å². The Labute approximate surface area is 89.0 Å². The lowest BCUT2D eigenvalue weighted by molar-refractivity contribution is 0.0595. The van der Waals surface area contributed by atoms with Crippen LogP contribution in [0.3, 0.4) is 0 Å². The minimum absolute atomic E-state index is 0.377. The van der Waals surface area contributed by atoms with Crippen LogP contribution in [0.4, 0.5) is 0 Å². The first-order valence-corrected chi connectivity index (χ1v) is 4.68. The number of aromatic amines is 1. The van der Waals surface area contributed by atoms with Gasteiger partial charge in [-0.3, -0.25) is 0 Å². The molecule has 0 aliphatic carbocycles. The molecule has 1 aromatic rings. The number of hydrogen-bond donors (Lipinski definition) is 2. The average Bonchev–Trinajstić information content (AvgIpc) is 2.72. The van der Waals surface area contributed by atoms with Gasteiger partial charge in [-0.2, -0.15) is 0 Å². The summed E-state index contributed by atoms with van der Waals surface area (Å²) in [6.45, 7) is 0.862. The zero-order valence-electron chi connectivity index (χ0n) is 8.89. The van der Waals surface area contributed by atoms with Crippen molar-refractivity contribution in [2.45, 2.75) is 6.42 Å². The first kappa shape index (κ1) is 11.3. The molecule has 0 saturated heterocycles. The minimum Gasteiger partial charge on any atom is -0.464 e. The lowest BCUT2D eigenvalue weighted by Gasteiger charge is -1.91. The Morgan fingerprint density at radius 3 is 3.13 bits per heavy atom. The zero-order chi connectivity index (χ0) is 11.1. The summed E-state index contributed by atoms with van der Waals surface area (Å²) in [7, 11) is 3.23. The smallest absolute Gasteiger partial charge is 0.354 e. The molecular formula is C11H14N2O2. The van der Waals surface area contributed by atoms with Crippen LogP contribution in [0.5, 0.6) is 0 Å². The zero-order valence-corrected chi connectivity index (χ0v) is 8.89. The van der Waals surface area contributed by atoms with Gasteiger partial charge in [0.15, 0.2) is 0 Å². The topological polar surface area (TPSA) is 54.1 Å². The number of carbonyl (C=O) groups is 1. The van der Waals surface area contributed by atoms with Crippen LogP contribution >= 0.6 is 0 Å². The van der Waals surface area contributed by atoms with E-state index in [0.717, 1.165) is 18.5 Å². The lowest BCUT2D eigenvalue weighted by atomic mass is 10.3. The molecule has 0 amide bonds. The summed E-state index contributed by atoms with van der Waals surface area (Å²) in [6.07, 6.45) is 2.48. The first-order chi connectivity index (χ1) is 7.27. The molecule has 0 aliphatic rings. The third-order valence-electron chi connectivity index (χ3n) is 1.82. The maximum atomic E-state index is 11.1.